The summed E-state index contributed by atoms with van der Waals surface area (Å²) in [7, 11) is 0. The van der Waals surface area contributed by atoms with Gasteiger partial charge >= 0.3 is 6.18 Å². The molecule has 1 unspecified atom stereocenters. The fourth-order valence-corrected chi connectivity index (χ4v) is 4.15. The number of carbonyl (C=O) groups is 1. The van der Waals surface area contributed by atoms with E-state index < -0.39 is 58.6 Å². The Morgan fingerprint density at radius 3 is 2.58 bits per heavy atom. The van der Waals surface area contributed by atoms with Gasteiger partial charge in [-0.25, -0.2) is 18.7 Å². The van der Waals surface area contributed by atoms with E-state index in [9.17, 15) is 36.6 Å². The summed E-state index contributed by atoms with van der Waals surface area (Å²) in [5.41, 5.74) is -3.28. The van der Waals surface area contributed by atoms with E-state index in [0.717, 1.165) is 30.8 Å². The number of aromatic nitrogens is 3. The number of aliphatic hydroxyl groups excluding tert-OH is 1. The lowest BCUT2D eigenvalue weighted by molar-refractivity contribution is -0.146. The molecule has 4 heterocycles. The number of alkyl halides is 3. The molecule has 1 saturated heterocycles. The zero-order valence-electron chi connectivity index (χ0n) is 19.2. The first kappa shape index (κ1) is 25.5. The van der Waals surface area contributed by atoms with Crippen LogP contribution in [0.3, 0.4) is 0 Å². The number of rotatable bonds is 5. The molecule has 4 rings (SSSR count). The van der Waals surface area contributed by atoms with E-state index in [1.54, 1.807) is 4.90 Å². The molecule has 1 fully saturated rings. The second kappa shape index (κ2) is 9.12. The fraction of sp³-hybridized carbons (Fsp3) is 0.391. The minimum Gasteiger partial charge on any atom is -0.391 e. The summed E-state index contributed by atoms with van der Waals surface area (Å²) >= 11 is 0. The number of nitrogens with one attached hydrogen (secondary N) is 1. The molecule has 1 amide bonds. The van der Waals surface area contributed by atoms with Gasteiger partial charge in [0, 0.05) is 30.9 Å². The van der Waals surface area contributed by atoms with E-state index in [1.165, 1.54) is 12.1 Å². The van der Waals surface area contributed by atoms with Crippen LogP contribution in [0.1, 0.15) is 37.0 Å². The molecule has 2 N–H and O–H groups in total. The van der Waals surface area contributed by atoms with E-state index in [-0.39, 0.29) is 17.6 Å². The summed E-state index contributed by atoms with van der Waals surface area (Å²) in [6, 6.07) is 3.38. The van der Waals surface area contributed by atoms with E-state index in [2.05, 4.69) is 15.3 Å². The number of hydrogen-bond donors (Lipinski definition) is 2. The molecule has 1 atom stereocenters. The van der Waals surface area contributed by atoms with Crippen LogP contribution < -0.4 is 15.6 Å². The van der Waals surface area contributed by atoms with Crippen LogP contribution in [0.2, 0.25) is 0 Å². The van der Waals surface area contributed by atoms with E-state index in [0.29, 0.717) is 24.8 Å². The first-order chi connectivity index (χ1) is 16.7. The minimum absolute atomic E-state index is 0.108. The highest BCUT2D eigenvalue weighted by Gasteiger charge is 2.38. The van der Waals surface area contributed by atoms with Crippen LogP contribution in [0.4, 0.5) is 27.8 Å². The number of anilines is 1. The molecule has 3 aromatic heterocycles. The van der Waals surface area contributed by atoms with Gasteiger partial charge in [-0.05, 0) is 32.4 Å². The fourth-order valence-electron chi connectivity index (χ4n) is 4.15. The molecule has 13 heteroatoms. The van der Waals surface area contributed by atoms with Crippen molar-refractivity contribution in [3.63, 3.8) is 0 Å². The third-order valence-electron chi connectivity index (χ3n) is 5.68. The molecule has 0 bridgehead atoms. The number of carbonyl (C=O) groups excluding carboxylic acids is 1. The number of fused-ring (bicyclic) bond motifs is 1. The molecule has 36 heavy (non-hydrogen) atoms. The van der Waals surface area contributed by atoms with Gasteiger partial charge in [0.2, 0.25) is 5.43 Å². The highest BCUT2D eigenvalue weighted by atomic mass is 19.4. The van der Waals surface area contributed by atoms with Gasteiger partial charge in [-0.3, -0.25) is 14.2 Å². The highest BCUT2D eigenvalue weighted by molar-refractivity contribution is 5.97. The summed E-state index contributed by atoms with van der Waals surface area (Å²) in [5.74, 6) is -3.31. The standard InChI is InChI=1S/C23H22F5N5O3/c1-22(2,11-23(26,27)28)31-21(36)15-10-33(20-16(25)7-12(24)8-29-20)19-14(18(15)35)3-4-17(30-19)32-6-5-13(34)9-32/h3-4,7-8,10,13,34H,5-6,9,11H2,1-2H3,(H,31,36). The van der Waals surface area contributed by atoms with Crippen molar-refractivity contribution in [1.29, 1.82) is 0 Å². The first-order valence-electron chi connectivity index (χ1n) is 10.9. The smallest absolute Gasteiger partial charge is 0.391 e. The molecule has 0 saturated carbocycles. The van der Waals surface area contributed by atoms with Gasteiger partial charge in [-0.15, -0.1) is 0 Å². The molecule has 1 aliphatic rings. The average Bonchev–Trinajstić information content (AvgIpc) is 3.18. The van der Waals surface area contributed by atoms with E-state index >= 15 is 0 Å². The summed E-state index contributed by atoms with van der Waals surface area (Å²) in [4.78, 5) is 36.0. The first-order valence-corrected chi connectivity index (χ1v) is 10.9. The molecule has 0 spiro atoms. The van der Waals surface area contributed by atoms with Crippen LogP contribution >= 0.6 is 0 Å². The zero-order valence-corrected chi connectivity index (χ0v) is 19.2. The van der Waals surface area contributed by atoms with Gasteiger partial charge in [0.05, 0.1) is 24.1 Å². The molecule has 1 aliphatic heterocycles. The lowest BCUT2D eigenvalue weighted by Crippen LogP contribution is -2.47. The number of halogens is 5. The van der Waals surface area contributed by atoms with Crippen molar-refractivity contribution >= 4 is 22.8 Å². The van der Waals surface area contributed by atoms with Crippen LogP contribution in [-0.4, -0.2) is 56.5 Å². The lowest BCUT2D eigenvalue weighted by atomic mass is 9.99. The molecular formula is C23H22F5N5O3. The van der Waals surface area contributed by atoms with Crippen LogP contribution in [0, 0.1) is 11.6 Å². The highest BCUT2D eigenvalue weighted by Crippen LogP contribution is 2.28. The van der Waals surface area contributed by atoms with Crippen molar-refractivity contribution in [3.8, 4) is 5.82 Å². The molecule has 192 valence electrons. The van der Waals surface area contributed by atoms with E-state index in [1.807, 2.05) is 0 Å². The van der Waals surface area contributed by atoms with Gasteiger partial charge in [-0.1, -0.05) is 0 Å². The van der Waals surface area contributed by atoms with Crippen LogP contribution in [0.5, 0.6) is 0 Å². The van der Waals surface area contributed by atoms with Crippen LogP contribution in [0.15, 0.2) is 35.4 Å². The Kier molecular flexibility index (Phi) is 6.45. The van der Waals surface area contributed by atoms with Gasteiger partial charge < -0.3 is 15.3 Å². The number of aliphatic hydroxyl groups is 1. The van der Waals surface area contributed by atoms with Crippen molar-refractivity contribution in [1.82, 2.24) is 19.9 Å². The predicted molar refractivity (Wildman–Crippen MR) is 120 cm³/mol. The number of amides is 1. The number of hydrogen-bond acceptors (Lipinski definition) is 6. The number of pyridine rings is 3. The summed E-state index contributed by atoms with van der Waals surface area (Å²) in [5, 5.41) is 11.9. The van der Waals surface area contributed by atoms with Gasteiger partial charge in [0.25, 0.3) is 5.91 Å². The third-order valence-corrected chi connectivity index (χ3v) is 5.68. The molecule has 0 aromatic carbocycles. The molecule has 8 nitrogen and oxygen atoms in total. The Balaban J connectivity index is 1.87. The Labute approximate surface area is 201 Å². The van der Waals surface area contributed by atoms with Crippen molar-refractivity contribution in [3.05, 3.63) is 58.0 Å². The maximum atomic E-state index is 14.7. The zero-order chi connectivity index (χ0) is 26.4. The SMILES string of the molecule is CC(C)(CC(F)(F)F)NC(=O)c1cn(-c2ncc(F)cc2F)c2nc(N3CCC(O)C3)ccc2c1=O. The Morgan fingerprint density at radius 1 is 1.25 bits per heavy atom. The molecular weight excluding hydrogens is 489 g/mol. The Morgan fingerprint density at radius 2 is 1.97 bits per heavy atom. The lowest BCUT2D eigenvalue weighted by Gasteiger charge is -2.27. The third kappa shape index (κ3) is 5.30. The van der Waals surface area contributed by atoms with Crippen LogP contribution in [-0.2, 0) is 0 Å². The monoisotopic (exact) mass is 511 g/mol. The largest absolute Gasteiger partial charge is 0.391 e. The van der Waals surface area contributed by atoms with Gasteiger partial charge in [-0.2, -0.15) is 13.2 Å². The summed E-state index contributed by atoms with van der Waals surface area (Å²) < 4.78 is 68.0. The van der Waals surface area contributed by atoms with Crippen molar-refractivity contribution < 1.29 is 31.9 Å². The minimum atomic E-state index is -4.58. The Hall–Kier alpha value is -3.61. The second-order valence-corrected chi connectivity index (χ2v) is 9.26. The normalized spacial score (nSPS) is 16.6. The van der Waals surface area contributed by atoms with Gasteiger partial charge in [0.15, 0.2) is 17.3 Å². The molecule has 0 radical (unpaired) electrons. The maximum absolute atomic E-state index is 14.7. The summed E-state index contributed by atoms with van der Waals surface area (Å²) in [6.07, 6.45) is -4.36. The summed E-state index contributed by atoms with van der Waals surface area (Å²) in [6.45, 7) is 3.05. The van der Waals surface area contributed by atoms with Crippen LogP contribution in [0.25, 0.3) is 16.9 Å². The quantitative estimate of drug-likeness (QED) is 0.511. The van der Waals surface area contributed by atoms with E-state index in [4.69, 9.17) is 0 Å². The predicted octanol–water partition coefficient (Wildman–Crippen LogP) is 3.09. The average molecular weight is 511 g/mol. The van der Waals surface area contributed by atoms with Gasteiger partial charge in [0.1, 0.15) is 17.2 Å². The second-order valence-electron chi connectivity index (χ2n) is 9.26. The Bertz CT molecular complexity index is 1390. The topological polar surface area (TPSA) is 100 Å². The molecule has 3 aromatic rings. The molecule has 0 aliphatic carbocycles. The van der Waals surface area contributed by atoms with Crippen molar-refractivity contribution in [2.24, 2.45) is 0 Å². The maximum Gasteiger partial charge on any atom is 0.391 e. The van der Waals surface area contributed by atoms with Crippen molar-refractivity contribution in [2.45, 2.75) is 44.5 Å². The number of β-amino-alcohol motifs (C(OH)–C–C–N with tert-alkyl or cyclic N) is 1. The van der Waals surface area contributed by atoms with Crippen molar-refractivity contribution in [2.75, 3.05) is 18.0 Å². The number of nitrogens with zero attached hydrogens (tertiary/aromatic N) is 4.